The maximum Gasteiger partial charge on any atom is 0.308 e. The van der Waals surface area contributed by atoms with Crippen LogP contribution in [-0.4, -0.2) is 37.2 Å². The molecular weight excluding hydrogens is 446 g/mol. The molecule has 4 nitrogen and oxygen atoms in total. The number of benzene rings is 2. The molecule has 196 valence electrons. The minimum absolute atomic E-state index is 0.00600. The Morgan fingerprint density at radius 1 is 0.917 bits per heavy atom. The van der Waals surface area contributed by atoms with Crippen LogP contribution in [0.5, 0.6) is 5.75 Å². The maximum absolute atomic E-state index is 12.0. The van der Waals surface area contributed by atoms with E-state index in [-0.39, 0.29) is 11.9 Å². The summed E-state index contributed by atoms with van der Waals surface area (Å²) < 4.78 is 11.4. The van der Waals surface area contributed by atoms with E-state index < -0.39 is 0 Å². The smallest absolute Gasteiger partial charge is 0.308 e. The summed E-state index contributed by atoms with van der Waals surface area (Å²) in [6.07, 6.45) is 9.68. The van der Waals surface area contributed by atoms with Crippen molar-refractivity contribution >= 4 is 16.7 Å². The van der Waals surface area contributed by atoms with Crippen LogP contribution in [0.3, 0.4) is 0 Å². The molecule has 0 spiro atoms. The number of ether oxygens (including phenoxy) is 2. The summed E-state index contributed by atoms with van der Waals surface area (Å²) in [4.78, 5) is 14.5. The van der Waals surface area contributed by atoms with Crippen molar-refractivity contribution in [3.8, 4) is 5.75 Å². The zero-order valence-corrected chi connectivity index (χ0v) is 22.8. The molecule has 4 heteroatoms. The van der Waals surface area contributed by atoms with Crippen LogP contribution in [-0.2, 0) is 16.1 Å². The summed E-state index contributed by atoms with van der Waals surface area (Å²) in [5, 5.41) is 2.55. The number of hydrogen-bond acceptors (Lipinski definition) is 4. The van der Waals surface area contributed by atoms with Gasteiger partial charge in [0.25, 0.3) is 0 Å². The van der Waals surface area contributed by atoms with Crippen LogP contribution >= 0.6 is 0 Å². The third kappa shape index (κ3) is 5.90. The fourth-order valence-electron chi connectivity index (χ4n) is 7.02. The molecule has 1 aliphatic heterocycles. The molecule has 0 bridgehead atoms. The number of carbonyl (C=O) groups is 1. The molecule has 1 saturated heterocycles. The van der Waals surface area contributed by atoms with Gasteiger partial charge in [0.1, 0.15) is 5.75 Å². The van der Waals surface area contributed by atoms with Gasteiger partial charge in [-0.05, 0) is 96.2 Å². The second kappa shape index (κ2) is 10.7. The lowest BCUT2D eigenvalue weighted by Crippen LogP contribution is -2.50. The summed E-state index contributed by atoms with van der Waals surface area (Å²) >= 11 is 0. The van der Waals surface area contributed by atoms with Gasteiger partial charge < -0.3 is 9.47 Å². The summed E-state index contributed by atoms with van der Waals surface area (Å²) in [6.45, 7) is 10.4. The summed E-state index contributed by atoms with van der Waals surface area (Å²) in [7, 11) is 1.52. The van der Waals surface area contributed by atoms with Crippen LogP contribution in [0.4, 0.5) is 0 Å². The van der Waals surface area contributed by atoms with Crippen molar-refractivity contribution in [3.63, 3.8) is 0 Å². The Kier molecular flexibility index (Phi) is 7.62. The lowest BCUT2D eigenvalue weighted by Gasteiger charge is -2.45. The third-order valence-corrected chi connectivity index (χ3v) is 9.39. The largest absolute Gasteiger partial charge is 0.490 e. The molecule has 0 N–H and O–H groups in total. The van der Waals surface area contributed by atoms with E-state index >= 15 is 0 Å². The van der Waals surface area contributed by atoms with Crippen LogP contribution in [0.15, 0.2) is 36.4 Å². The molecule has 0 amide bonds. The van der Waals surface area contributed by atoms with E-state index in [1.807, 2.05) is 0 Å². The van der Waals surface area contributed by atoms with Gasteiger partial charge in [0.05, 0.1) is 19.1 Å². The number of hydrogen-bond donors (Lipinski definition) is 0. The SMILES string of the molecule is COC(=O)C1CCCC(C2CN(Cc3ccc4cc(O[C@H]5CC[C@H](C(C)(C)C)CC5)ccc4c3)C2)C1. The number of carbonyl (C=O) groups excluding carboxylic acids is 1. The Morgan fingerprint density at radius 3 is 2.36 bits per heavy atom. The van der Waals surface area contributed by atoms with Gasteiger partial charge in [-0.1, -0.05) is 51.8 Å². The Bertz CT molecular complexity index is 1040. The average molecular weight is 492 g/mol. The van der Waals surface area contributed by atoms with Crippen molar-refractivity contribution in [2.45, 2.75) is 84.8 Å². The Hall–Kier alpha value is -2.07. The average Bonchev–Trinajstić information content (AvgIpc) is 2.85. The normalized spacial score (nSPS) is 28.0. The number of nitrogens with zero attached hydrogens (tertiary/aromatic N) is 1. The monoisotopic (exact) mass is 491 g/mol. The second-order valence-electron chi connectivity index (χ2n) is 12.9. The molecule has 5 rings (SSSR count). The van der Waals surface area contributed by atoms with Crippen LogP contribution in [0.2, 0.25) is 0 Å². The van der Waals surface area contributed by atoms with E-state index in [4.69, 9.17) is 9.47 Å². The van der Waals surface area contributed by atoms with Gasteiger partial charge in [0, 0.05) is 19.6 Å². The molecule has 36 heavy (non-hydrogen) atoms. The molecule has 2 aromatic rings. The van der Waals surface area contributed by atoms with E-state index in [0.717, 1.165) is 56.5 Å². The maximum atomic E-state index is 12.0. The quantitative estimate of drug-likeness (QED) is 0.399. The first-order valence-electron chi connectivity index (χ1n) is 14.3. The molecular formula is C32H45NO3. The number of esters is 1. The first kappa shape index (κ1) is 25.6. The molecule has 0 aromatic heterocycles. The molecule has 2 unspecified atom stereocenters. The topological polar surface area (TPSA) is 38.8 Å². The van der Waals surface area contributed by atoms with Crippen molar-refractivity contribution in [2.24, 2.45) is 29.1 Å². The van der Waals surface area contributed by atoms with Crippen molar-refractivity contribution in [1.82, 2.24) is 4.90 Å². The van der Waals surface area contributed by atoms with Crippen LogP contribution in [0.1, 0.15) is 77.7 Å². The van der Waals surface area contributed by atoms with Gasteiger partial charge in [-0.3, -0.25) is 9.69 Å². The van der Waals surface area contributed by atoms with Gasteiger partial charge in [-0.2, -0.15) is 0 Å². The second-order valence-corrected chi connectivity index (χ2v) is 12.9. The lowest BCUT2D eigenvalue weighted by molar-refractivity contribution is -0.147. The molecule has 2 atom stereocenters. The summed E-state index contributed by atoms with van der Waals surface area (Å²) in [6, 6.07) is 13.5. The Balaban J connectivity index is 1.11. The minimum atomic E-state index is -0.00600. The zero-order valence-electron chi connectivity index (χ0n) is 22.8. The van der Waals surface area contributed by atoms with Crippen molar-refractivity contribution < 1.29 is 14.3 Å². The number of likely N-dealkylation sites (tertiary alicyclic amines) is 1. The fourth-order valence-corrected chi connectivity index (χ4v) is 7.02. The van der Waals surface area contributed by atoms with Crippen LogP contribution < -0.4 is 4.74 Å². The van der Waals surface area contributed by atoms with Crippen molar-refractivity contribution in [3.05, 3.63) is 42.0 Å². The summed E-state index contributed by atoms with van der Waals surface area (Å²) in [5.74, 6) is 3.35. The predicted molar refractivity (Wildman–Crippen MR) is 146 cm³/mol. The number of fused-ring (bicyclic) bond motifs is 1. The first-order chi connectivity index (χ1) is 17.3. The molecule has 1 heterocycles. The van der Waals surface area contributed by atoms with E-state index in [1.165, 1.54) is 55.5 Å². The predicted octanol–water partition coefficient (Wildman–Crippen LogP) is 7.23. The van der Waals surface area contributed by atoms with Crippen molar-refractivity contribution in [2.75, 3.05) is 20.2 Å². The summed E-state index contributed by atoms with van der Waals surface area (Å²) in [5.41, 5.74) is 1.79. The fraction of sp³-hybridized carbons (Fsp3) is 0.656. The molecule has 0 radical (unpaired) electrons. The van der Waals surface area contributed by atoms with E-state index in [9.17, 15) is 4.79 Å². The van der Waals surface area contributed by atoms with E-state index in [1.54, 1.807) is 0 Å². The van der Waals surface area contributed by atoms with Gasteiger partial charge in [-0.15, -0.1) is 0 Å². The highest BCUT2D eigenvalue weighted by Gasteiger charge is 2.38. The Morgan fingerprint density at radius 2 is 1.64 bits per heavy atom. The van der Waals surface area contributed by atoms with Gasteiger partial charge >= 0.3 is 5.97 Å². The van der Waals surface area contributed by atoms with Crippen LogP contribution in [0.25, 0.3) is 10.8 Å². The molecule has 2 aliphatic carbocycles. The first-order valence-corrected chi connectivity index (χ1v) is 14.3. The van der Waals surface area contributed by atoms with Gasteiger partial charge in [0.2, 0.25) is 0 Å². The Labute approximate surface area is 217 Å². The van der Waals surface area contributed by atoms with E-state index in [0.29, 0.717) is 17.4 Å². The minimum Gasteiger partial charge on any atom is -0.490 e. The molecule has 3 aliphatic rings. The van der Waals surface area contributed by atoms with Gasteiger partial charge in [-0.25, -0.2) is 0 Å². The standard InChI is InChI=1S/C32H45NO3/c1-32(2,3)28-11-14-29(15-12-28)36-30-13-10-24-16-22(8-9-25(24)18-30)19-33-20-27(21-33)23-6-5-7-26(17-23)31(34)35-4/h8-10,13,16,18,23,26-29H,5-7,11-12,14-15,17,19-21H2,1-4H3/t23?,26?,28-,29-. The molecule has 2 aromatic carbocycles. The van der Waals surface area contributed by atoms with E-state index in [2.05, 4.69) is 62.1 Å². The number of methoxy groups -OCH3 is 1. The highest BCUT2D eigenvalue weighted by atomic mass is 16.5. The van der Waals surface area contributed by atoms with Gasteiger partial charge in [0.15, 0.2) is 0 Å². The zero-order chi connectivity index (χ0) is 25.3. The van der Waals surface area contributed by atoms with Crippen molar-refractivity contribution in [1.29, 1.82) is 0 Å². The molecule has 3 fully saturated rings. The molecule has 2 saturated carbocycles. The van der Waals surface area contributed by atoms with Crippen LogP contribution in [0, 0.1) is 29.1 Å². The lowest BCUT2D eigenvalue weighted by atomic mass is 9.72. The highest BCUT2D eigenvalue weighted by Crippen LogP contribution is 2.40. The highest BCUT2D eigenvalue weighted by molar-refractivity contribution is 5.84. The number of rotatable bonds is 6. The third-order valence-electron chi connectivity index (χ3n) is 9.39.